The minimum Gasteiger partial charge on any atom is -0.481 e. The molecule has 6 heteroatoms. The van der Waals surface area contributed by atoms with Gasteiger partial charge in [0.25, 0.3) is 5.91 Å². The summed E-state index contributed by atoms with van der Waals surface area (Å²) in [7, 11) is 0. The first-order chi connectivity index (χ1) is 8.91. The maximum absolute atomic E-state index is 11.8. The van der Waals surface area contributed by atoms with Crippen LogP contribution in [0.25, 0.3) is 0 Å². The smallest absolute Gasteiger partial charge is 0.306 e. The summed E-state index contributed by atoms with van der Waals surface area (Å²) in [6.45, 7) is 5.26. The lowest BCUT2D eigenvalue weighted by Gasteiger charge is -2.14. The van der Waals surface area contributed by atoms with E-state index in [1.165, 1.54) is 6.20 Å². The Morgan fingerprint density at radius 3 is 2.63 bits per heavy atom. The summed E-state index contributed by atoms with van der Waals surface area (Å²) < 4.78 is 4.83. The minimum atomic E-state index is -0.781. The van der Waals surface area contributed by atoms with Gasteiger partial charge in [-0.3, -0.25) is 9.59 Å². The summed E-state index contributed by atoms with van der Waals surface area (Å²) in [6.07, 6.45) is 3.51. The maximum Gasteiger partial charge on any atom is 0.306 e. The first kappa shape index (κ1) is 15.2. The van der Waals surface area contributed by atoms with E-state index in [4.69, 9.17) is 9.63 Å². The highest BCUT2D eigenvalue weighted by molar-refractivity contribution is 5.94. The van der Waals surface area contributed by atoms with E-state index >= 15 is 0 Å². The largest absolute Gasteiger partial charge is 0.481 e. The van der Waals surface area contributed by atoms with E-state index < -0.39 is 5.97 Å². The van der Waals surface area contributed by atoms with Crippen molar-refractivity contribution in [2.24, 2.45) is 5.92 Å². The average molecular weight is 268 g/mol. The topological polar surface area (TPSA) is 92.4 Å². The Balaban J connectivity index is 2.32. The third kappa shape index (κ3) is 4.73. The molecule has 2 unspecified atom stereocenters. The van der Waals surface area contributed by atoms with Gasteiger partial charge >= 0.3 is 5.97 Å². The number of hydrogen-bond acceptors (Lipinski definition) is 4. The third-order valence-electron chi connectivity index (χ3n) is 3.07. The van der Waals surface area contributed by atoms with Crippen molar-refractivity contribution < 1.29 is 19.2 Å². The standard InChI is InChI=1S/C13H20N2O4/c1-8(13(17)18)5-4-6-9(2)15-12(16)11-7-14-19-10(11)3/h7-9H,4-6H2,1-3H3,(H,15,16)(H,17,18). The van der Waals surface area contributed by atoms with Gasteiger partial charge in [0.1, 0.15) is 11.3 Å². The Morgan fingerprint density at radius 2 is 2.11 bits per heavy atom. The number of rotatable bonds is 7. The molecule has 0 radical (unpaired) electrons. The van der Waals surface area contributed by atoms with Gasteiger partial charge in [0.05, 0.1) is 12.1 Å². The van der Waals surface area contributed by atoms with Gasteiger partial charge < -0.3 is 14.9 Å². The van der Waals surface area contributed by atoms with Crippen molar-refractivity contribution in [3.63, 3.8) is 0 Å². The Hall–Kier alpha value is -1.85. The van der Waals surface area contributed by atoms with Gasteiger partial charge in [0.2, 0.25) is 0 Å². The second-order valence-electron chi connectivity index (χ2n) is 4.84. The molecular weight excluding hydrogens is 248 g/mol. The van der Waals surface area contributed by atoms with Gasteiger partial charge in [0, 0.05) is 6.04 Å². The van der Waals surface area contributed by atoms with Gasteiger partial charge in [-0.1, -0.05) is 18.5 Å². The first-order valence-corrected chi connectivity index (χ1v) is 6.36. The fourth-order valence-electron chi connectivity index (χ4n) is 1.74. The van der Waals surface area contributed by atoms with Crippen molar-refractivity contribution in [1.82, 2.24) is 10.5 Å². The zero-order chi connectivity index (χ0) is 14.4. The number of nitrogens with one attached hydrogen (secondary N) is 1. The molecule has 0 fully saturated rings. The van der Waals surface area contributed by atoms with Crippen molar-refractivity contribution >= 4 is 11.9 Å². The van der Waals surface area contributed by atoms with Gasteiger partial charge in [0.15, 0.2) is 0 Å². The second kappa shape index (κ2) is 6.92. The lowest BCUT2D eigenvalue weighted by Crippen LogP contribution is -2.32. The summed E-state index contributed by atoms with van der Waals surface area (Å²) in [6, 6.07) is -0.0113. The van der Waals surface area contributed by atoms with Crippen LogP contribution in [0.2, 0.25) is 0 Å². The molecule has 0 aliphatic carbocycles. The number of aromatic nitrogens is 1. The zero-order valence-corrected chi connectivity index (χ0v) is 11.5. The number of carbonyl (C=O) groups excluding carboxylic acids is 1. The average Bonchev–Trinajstić information content (AvgIpc) is 2.75. The molecule has 1 aromatic heterocycles. The highest BCUT2D eigenvalue weighted by Gasteiger charge is 2.16. The molecule has 0 spiro atoms. The van der Waals surface area contributed by atoms with E-state index in [-0.39, 0.29) is 17.9 Å². The molecule has 6 nitrogen and oxygen atoms in total. The molecule has 1 heterocycles. The van der Waals surface area contributed by atoms with Crippen LogP contribution < -0.4 is 5.32 Å². The lowest BCUT2D eigenvalue weighted by atomic mass is 10.0. The highest BCUT2D eigenvalue weighted by Crippen LogP contribution is 2.11. The van der Waals surface area contributed by atoms with Crippen molar-refractivity contribution in [2.45, 2.75) is 46.1 Å². The van der Waals surface area contributed by atoms with Crippen LogP contribution in [0.15, 0.2) is 10.7 Å². The molecule has 0 aliphatic rings. The van der Waals surface area contributed by atoms with E-state index in [0.29, 0.717) is 17.7 Å². The van der Waals surface area contributed by atoms with Crippen LogP contribution in [-0.4, -0.2) is 28.2 Å². The fraction of sp³-hybridized carbons (Fsp3) is 0.615. The number of aryl methyl sites for hydroxylation is 1. The highest BCUT2D eigenvalue weighted by atomic mass is 16.5. The van der Waals surface area contributed by atoms with Crippen LogP contribution in [0.4, 0.5) is 0 Å². The van der Waals surface area contributed by atoms with Crippen LogP contribution in [0.5, 0.6) is 0 Å². The zero-order valence-electron chi connectivity index (χ0n) is 11.5. The van der Waals surface area contributed by atoms with Crippen molar-refractivity contribution in [1.29, 1.82) is 0 Å². The molecule has 1 rings (SSSR count). The fourth-order valence-corrected chi connectivity index (χ4v) is 1.74. The van der Waals surface area contributed by atoms with Crippen molar-refractivity contribution in [2.75, 3.05) is 0 Å². The van der Waals surface area contributed by atoms with Crippen LogP contribution >= 0.6 is 0 Å². The van der Waals surface area contributed by atoms with Crippen LogP contribution in [0.1, 0.15) is 49.2 Å². The van der Waals surface area contributed by atoms with Crippen LogP contribution in [0.3, 0.4) is 0 Å². The number of hydrogen-bond donors (Lipinski definition) is 2. The quantitative estimate of drug-likeness (QED) is 0.789. The Kier molecular flexibility index (Phi) is 5.54. The van der Waals surface area contributed by atoms with Gasteiger partial charge in [-0.15, -0.1) is 0 Å². The summed E-state index contributed by atoms with van der Waals surface area (Å²) in [4.78, 5) is 22.5. The first-order valence-electron chi connectivity index (χ1n) is 6.36. The molecule has 0 saturated heterocycles. The molecule has 19 heavy (non-hydrogen) atoms. The summed E-state index contributed by atoms with van der Waals surface area (Å²) in [5, 5.41) is 15.2. The van der Waals surface area contributed by atoms with Crippen LogP contribution in [0, 0.1) is 12.8 Å². The van der Waals surface area contributed by atoms with Gasteiger partial charge in [-0.2, -0.15) is 0 Å². The Morgan fingerprint density at radius 1 is 1.42 bits per heavy atom. The molecule has 2 atom stereocenters. The molecule has 0 aliphatic heterocycles. The normalized spacial score (nSPS) is 13.8. The van der Waals surface area contributed by atoms with Crippen molar-refractivity contribution in [3.05, 3.63) is 17.5 Å². The maximum atomic E-state index is 11.8. The third-order valence-corrected chi connectivity index (χ3v) is 3.07. The number of carbonyl (C=O) groups is 2. The SMILES string of the molecule is Cc1oncc1C(=O)NC(C)CCCC(C)C(=O)O. The van der Waals surface area contributed by atoms with E-state index in [2.05, 4.69) is 10.5 Å². The summed E-state index contributed by atoms with van der Waals surface area (Å²) in [5.41, 5.74) is 0.436. The molecule has 1 aromatic rings. The molecule has 0 aromatic carbocycles. The molecule has 1 amide bonds. The van der Waals surface area contributed by atoms with Crippen molar-refractivity contribution in [3.8, 4) is 0 Å². The number of amides is 1. The van der Waals surface area contributed by atoms with Crippen LogP contribution in [-0.2, 0) is 4.79 Å². The lowest BCUT2D eigenvalue weighted by molar-refractivity contribution is -0.141. The van der Waals surface area contributed by atoms with Gasteiger partial charge in [-0.25, -0.2) is 0 Å². The van der Waals surface area contributed by atoms with Gasteiger partial charge in [-0.05, 0) is 26.7 Å². The number of carboxylic acids is 1. The number of nitrogens with zero attached hydrogens (tertiary/aromatic N) is 1. The number of carboxylic acid groups (broad SMARTS) is 1. The molecule has 106 valence electrons. The Labute approximate surface area is 112 Å². The second-order valence-corrected chi connectivity index (χ2v) is 4.84. The Bertz CT molecular complexity index is 442. The monoisotopic (exact) mass is 268 g/mol. The van der Waals surface area contributed by atoms with E-state index in [9.17, 15) is 9.59 Å². The molecule has 0 bridgehead atoms. The minimum absolute atomic E-state index is 0.0113. The van der Waals surface area contributed by atoms with E-state index in [1.807, 2.05) is 6.92 Å². The predicted molar refractivity (Wildman–Crippen MR) is 68.8 cm³/mol. The van der Waals surface area contributed by atoms with E-state index in [1.54, 1.807) is 13.8 Å². The summed E-state index contributed by atoms with van der Waals surface area (Å²) in [5.74, 6) is -0.846. The molecule has 2 N–H and O–H groups in total. The molecule has 0 saturated carbocycles. The predicted octanol–water partition coefficient (Wildman–Crippen LogP) is 1.99. The number of aliphatic carboxylic acids is 1. The summed E-state index contributed by atoms with van der Waals surface area (Å²) >= 11 is 0. The molecular formula is C13H20N2O4. The van der Waals surface area contributed by atoms with E-state index in [0.717, 1.165) is 12.8 Å².